The van der Waals surface area contributed by atoms with Crippen molar-refractivity contribution in [3.8, 4) is 0 Å². The van der Waals surface area contributed by atoms with E-state index in [0.29, 0.717) is 5.56 Å². The van der Waals surface area contributed by atoms with Crippen LogP contribution in [0.3, 0.4) is 0 Å². The number of rotatable bonds is 4. The molecule has 0 aliphatic carbocycles. The van der Waals surface area contributed by atoms with E-state index in [1.807, 2.05) is 20.8 Å². The first kappa shape index (κ1) is 16.7. The van der Waals surface area contributed by atoms with Gasteiger partial charge < -0.3 is 5.11 Å². The number of sulfonamides is 1. The van der Waals surface area contributed by atoms with E-state index in [1.54, 1.807) is 13.8 Å². The molecule has 0 bridgehead atoms. The molecule has 0 spiro atoms. The molecule has 1 unspecified atom stereocenters. The minimum atomic E-state index is -3.74. The van der Waals surface area contributed by atoms with Crippen molar-refractivity contribution in [2.45, 2.75) is 45.6 Å². The van der Waals surface area contributed by atoms with Gasteiger partial charge in [0.2, 0.25) is 10.0 Å². The lowest BCUT2D eigenvalue weighted by Gasteiger charge is -2.28. The number of hydrogen-bond donors (Lipinski definition) is 2. The lowest BCUT2D eigenvalue weighted by molar-refractivity contribution is 0.0696. The van der Waals surface area contributed by atoms with Crippen LogP contribution in [0.15, 0.2) is 23.1 Å². The number of carboxylic acids is 1. The molecule has 0 fully saturated rings. The molecular formula is C14H21NO4S. The third-order valence-corrected chi connectivity index (χ3v) is 5.04. The smallest absolute Gasteiger partial charge is 0.335 e. The van der Waals surface area contributed by atoms with Crippen molar-refractivity contribution < 1.29 is 18.3 Å². The second kappa shape index (κ2) is 5.54. The van der Waals surface area contributed by atoms with E-state index in [9.17, 15) is 13.2 Å². The molecule has 0 aliphatic heterocycles. The van der Waals surface area contributed by atoms with Crippen LogP contribution in [-0.2, 0) is 10.0 Å². The molecule has 6 heteroatoms. The largest absolute Gasteiger partial charge is 0.478 e. The summed E-state index contributed by atoms with van der Waals surface area (Å²) in [5.74, 6) is -1.15. The SMILES string of the molecule is Cc1ccc(C(=O)O)cc1S(=O)(=O)NC(C)C(C)(C)C. The van der Waals surface area contributed by atoms with E-state index < -0.39 is 16.0 Å². The first-order valence-corrected chi connectivity index (χ1v) is 7.80. The highest BCUT2D eigenvalue weighted by molar-refractivity contribution is 7.89. The highest BCUT2D eigenvalue weighted by Gasteiger charge is 2.27. The molecule has 2 N–H and O–H groups in total. The third kappa shape index (κ3) is 3.80. The molecule has 0 heterocycles. The number of nitrogens with one attached hydrogen (secondary N) is 1. The van der Waals surface area contributed by atoms with Gasteiger partial charge in [-0.15, -0.1) is 0 Å². The van der Waals surface area contributed by atoms with Crippen LogP contribution in [0.4, 0.5) is 0 Å². The lowest BCUT2D eigenvalue weighted by Crippen LogP contribution is -2.41. The second-order valence-electron chi connectivity index (χ2n) is 5.99. The summed E-state index contributed by atoms with van der Waals surface area (Å²) >= 11 is 0. The molecule has 1 aromatic carbocycles. The number of aryl methyl sites for hydroxylation is 1. The Hall–Kier alpha value is -1.40. The molecule has 0 saturated heterocycles. The van der Waals surface area contributed by atoms with Gasteiger partial charge in [-0.05, 0) is 37.0 Å². The van der Waals surface area contributed by atoms with Crippen molar-refractivity contribution in [3.63, 3.8) is 0 Å². The van der Waals surface area contributed by atoms with Gasteiger partial charge in [-0.25, -0.2) is 17.9 Å². The van der Waals surface area contributed by atoms with Crippen LogP contribution in [0.1, 0.15) is 43.6 Å². The van der Waals surface area contributed by atoms with E-state index >= 15 is 0 Å². The maximum atomic E-state index is 12.4. The molecule has 0 amide bonds. The van der Waals surface area contributed by atoms with Gasteiger partial charge in [0.1, 0.15) is 0 Å². The molecule has 5 nitrogen and oxygen atoms in total. The molecule has 20 heavy (non-hydrogen) atoms. The van der Waals surface area contributed by atoms with E-state index in [4.69, 9.17) is 5.11 Å². The van der Waals surface area contributed by atoms with Crippen LogP contribution in [0.25, 0.3) is 0 Å². The van der Waals surface area contributed by atoms with Crippen molar-refractivity contribution in [2.75, 3.05) is 0 Å². The number of carboxylic acid groups (broad SMARTS) is 1. The molecule has 112 valence electrons. The summed E-state index contributed by atoms with van der Waals surface area (Å²) in [5.41, 5.74) is 0.244. The van der Waals surface area contributed by atoms with Gasteiger partial charge in [-0.1, -0.05) is 26.8 Å². The van der Waals surface area contributed by atoms with Gasteiger partial charge >= 0.3 is 5.97 Å². The average Bonchev–Trinajstić information content (AvgIpc) is 2.26. The van der Waals surface area contributed by atoms with Crippen molar-refractivity contribution in [3.05, 3.63) is 29.3 Å². The molecular weight excluding hydrogens is 278 g/mol. The van der Waals surface area contributed by atoms with Crippen LogP contribution < -0.4 is 4.72 Å². The Kier molecular flexibility index (Phi) is 4.61. The van der Waals surface area contributed by atoms with Crippen molar-refractivity contribution in [1.82, 2.24) is 4.72 Å². The molecule has 1 rings (SSSR count). The highest BCUT2D eigenvalue weighted by Crippen LogP contribution is 2.23. The van der Waals surface area contributed by atoms with Gasteiger partial charge in [0.25, 0.3) is 0 Å². The third-order valence-electron chi connectivity index (χ3n) is 3.36. The van der Waals surface area contributed by atoms with Gasteiger partial charge in [0.05, 0.1) is 10.5 Å². The number of aromatic carboxylic acids is 1. The Bertz CT molecular complexity index is 615. The number of carbonyl (C=O) groups is 1. The molecule has 0 radical (unpaired) electrons. The van der Waals surface area contributed by atoms with Crippen molar-refractivity contribution in [2.24, 2.45) is 5.41 Å². The number of hydrogen-bond acceptors (Lipinski definition) is 3. The zero-order valence-electron chi connectivity index (χ0n) is 12.4. The monoisotopic (exact) mass is 299 g/mol. The fourth-order valence-corrected chi connectivity index (χ4v) is 3.22. The molecule has 1 atom stereocenters. The first-order chi connectivity index (χ1) is 8.95. The lowest BCUT2D eigenvalue weighted by atomic mass is 9.89. The highest BCUT2D eigenvalue weighted by atomic mass is 32.2. The number of benzene rings is 1. The zero-order chi connectivity index (χ0) is 15.7. The average molecular weight is 299 g/mol. The van der Waals surface area contributed by atoms with Gasteiger partial charge in [0.15, 0.2) is 0 Å². The van der Waals surface area contributed by atoms with Gasteiger partial charge in [0, 0.05) is 6.04 Å². The summed E-state index contributed by atoms with van der Waals surface area (Å²) in [4.78, 5) is 11.0. The van der Waals surface area contributed by atoms with Crippen LogP contribution in [0.2, 0.25) is 0 Å². The van der Waals surface area contributed by atoms with E-state index in [0.717, 1.165) is 0 Å². The summed E-state index contributed by atoms with van der Waals surface area (Å²) < 4.78 is 27.4. The Morgan fingerprint density at radius 1 is 1.30 bits per heavy atom. The van der Waals surface area contributed by atoms with Gasteiger partial charge in [-0.3, -0.25) is 0 Å². The second-order valence-corrected chi connectivity index (χ2v) is 7.68. The summed E-state index contributed by atoms with van der Waals surface area (Å²) in [6.45, 7) is 9.22. The molecule has 1 aromatic rings. The maximum Gasteiger partial charge on any atom is 0.335 e. The minimum Gasteiger partial charge on any atom is -0.478 e. The van der Waals surface area contributed by atoms with E-state index in [1.165, 1.54) is 18.2 Å². The van der Waals surface area contributed by atoms with Crippen LogP contribution >= 0.6 is 0 Å². The fourth-order valence-electron chi connectivity index (χ4n) is 1.50. The van der Waals surface area contributed by atoms with Crippen LogP contribution in [-0.4, -0.2) is 25.5 Å². The van der Waals surface area contributed by atoms with Crippen molar-refractivity contribution in [1.29, 1.82) is 0 Å². The first-order valence-electron chi connectivity index (χ1n) is 6.31. The Labute approximate surface area is 120 Å². The molecule has 0 aliphatic rings. The summed E-state index contributed by atoms with van der Waals surface area (Å²) in [7, 11) is -3.74. The maximum absolute atomic E-state index is 12.4. The summed E-state index contributed by atoms with van der Waals surface area (Å²) in [5, 5.41) is 8.96. The Balaban J connectivity index is 3.22. The van der Waals surface area contributed by atoms with E-state index in [2.05, 4.69) is 4.72 Å². The normalized spacial score (nSPS) is 14.1. The molecule has 0 saturated carbocycles. The minimum absolute atomic E-state index is 0.00787. The van der Waals surface area contributed by atoms with Crippen LogP contribution in [0, 0.1) is 12.3 Å². The molecule has 0 aromatic heterocycles. The fraction of sp³-hybridized carbons (Fsp3) is 0.500. The Morgan fingerprint density at radius 2 is 1.85 bits per heavy atom. The quantitative estimate of drug-likeness (QED) is 0.894. The topological polar surface area (TPSA) is 83.5 Å². The van der Waals surface area contributed by atoms with Crippen molar-refractivity contribution >= 4 is 16.0 Å². The zero-order valence-corrected chi connectivity index (χ0v) is 13.2. The standard InChI is InChI=1S/C14H21NO4S/c1-9-6-7-11(13(16)17)8-12(9)20(18,19)15-10(2)14(3,4)5/h6-8,10,15H,1-5H3,(H,16,17). The van der Waals surface area contributed by atoms with E-state index in [-0.39, 0.29) is 21.9 Å². The summed E-state index contributed by atoms with van der Waals surface area (Å²) in [6, 6.07) is 3.80. The van der Waals surface area contributed by atoms with Crippen LogP contribution in [0.5, 0.6) is 0 Å². The summed E-state index contributed by atoms with van der Waals surface area (Å²) in [6.07, 6.45) is 0. The predicted octanol–water partition coefficient (Wildman–Crippen LogP) is 2.41. The van der Waals surface area contributed by atoms with Gasteiger partial charge in [-0.2, -0.15) is 0 Å². The predicted molar refractivity (Wildman–Crippen MR) is 77.4 cm³/mol. The Morgan fingerprint density at radius 3 is 2.30 bits per heavy atom.